The number of amides is 2. The molecule has 1 aromatic carbocycles. The Bertz CT molecular complexity index is 996. The fourth-order valence-corrected chi connectivity index (χ4v) is 5.86. The third-order valence-corrected chi connectivity index (χ3v) is 8.30. The van der Waals surface area contributed by atoms with Crippen molar-refractivity contribution in [3.8, 4) is 5.75 Å². The highest BCUT2D eigenvalue weighted by Gasteiger charge is 2.25. The van der Waals surface area contributed by atoms with Crippen LogP contribution in [-0.2, 0) is 19.3 Å². The van der Waals surface area contributed by atoms with Gasteiger partial charge in [0.05, 0.1) is 6.61 Å². The number of allylic oxidation sites excluding steroid dienone is 1. The van der Waals surface area contributed by atoms with Gasteiger partial charge in [0.15, 0.2) is 11.6 Å². The lowest BCUT2D eigenvalue weighted by atomic mass is 9.93. The second-order valence-electron chi connectivity index (χ2n) is 8.95. The van der Waals surface area contributed by atoms with Gasteiger partial charge in [-0.05, 0) is 74.4 Å². The first-order chi connectivity index (χ1) is 15.8. The van der Waals surface area contributed by atoms with Crippen LogP contribution < -0.4 is 14.8 Å². The topological polar surface area (TPSA) is 84.5 Å². The maximum absolute atomic E-state index is 14.1. The number of piperidine rings is 1. The molecule has 1 saturated heterocycles. The fraction of sp³-hybridized carbons (Fsp3) is 0.560. The van der Waals surface area contributed by atoms with Gasteiger partial charge >= 0.3 is 0 Å². The average molecular weight is 479 g/mol. The highest BCUT2D eigenvalue weighted by molar-refractivity contribution is 7.99. The Kier molecular flexibility index (Phi) is 9.09. The summed E-state index contributed by atoms with van der Waals surface area (Å²) in [5, 5.41) is 4.17. The Morgan fingerprint density at radius 3 is 2.76 bits per heavy atom. The van der Waals surface area contributed by atoms with E-state index in [2.05, 4.69) is 10.0 Å². The van der Waals surface area contributed by atoms with Crippen LogP contribution in [0.1, 0.15) is 70.4 Å². The lowest BCUT2D eigenvalue weighted by molar-refractivity contribution is -0.136. The molecule has 182 valence electrons. The molecule has 1 aliphatic heterocycles. The number of hydrogen-bond donors (Lipinski definition) is 2. The van der Waals surface area contributed by atoms with Crippen LogP contribution in [-0.4, -0.2) is 33.8 Å². The molecule has 1 aromatic rings. The summed E-state index contributed by atoms with van der Waals surface area (Å²) >= 11 is 0. The average Bonchev–Trinajstić information content (AvgIpc) is 3.59. The Morgan fingerprint density at radius 2 is 2.06 bits per heavy atom. The Balaban J connectivity index is 1.55. The Labute approximate surface area is 196 Å². The van der Waals surface area contributed by atoms with Crippen LogP contribution in [0, 0.1) is 17.7 Å². The normalized spacial score (nSPS) is 21.5. The van der Waals surface area contributed by atoms with Crippen molar-refractivity contribution in [3.05, 3.63) is 41.7 Å². The molecule has 2 unspecified atom stereocenters. The van der Waals surface area contributed by atoms with Gasteiger partial charge in [0.25, 0.3) is 0 Å². The van der Waals surface area contributed by atoms with Crippen molar-refractivity contribution in [2.45, 2.75) is 64.8 Å². The van der Waals surface area contributed by atoms with Gasteiger partial charge in [-0.3, -0.25) is 19.1 Å². The lowest BCUT2D eigenvalue weighted by Crippen LogP contribution is -2.40. The molecule has 3 atom stereocenters. The van der Waals surface area contributed by atoms with Crippen molar-refractivity contribution in [2.75, 3.05) is 12.4 Å². The first-order valence-corrected chi connectivity index (χ1v) is 13.6. The third-order valence-electron chi connectivity index (χ3n) is 5.98. The zero-order valence-electron chi connectivity index (χ0n) is 19.5. The number of hydrogen-bond acceptors (Lipinski definition) is 4. The molecule has 2 amide bonds. The third kappa shape index (κ3) is 7.96. The molecule has 8 heteroatoms. The number of rotatable bonds is 12. The minimum atomic E-state index is -2.47. The highest BCUT2D eigenvalue weighted by atomic mass is 32.2. The highest BCUT2D eigenvalue weighted by Crippen LogP contribution is 2.31. The Hall–Kier alpha value is -2.19. The summed E-state index contributed by atoms with van der Waals surface area (Å²) in [6, 6.07) is 4.53. The van der Waals surface area contributed by atoms with Crippen molar-refractivity contribution in [1.29, 1.82) is 0 Å². The van der Waals surface area contributed by atoms with E-state index in [-0.39, 0.29) is 35.3 Å². The van der Waals surface area contributed by atoms with E-state index in [9.17, 15) is 18.2 Å². The summed E-state index contributed by atoms with van der Waals surface area (Å²) in [5.41, 5.74) is 0.821. The summed E-state index contributed by atoms with van der Waals surface area (Å²) < 4.78 is 36.5. The van der Waals surface area contributed by atoms with Crippen LogP contribution in [0.2, 0.25) is 0 Å². The molecule has 2 aliphatic rings. The number of imide groups is 1. The van der Waals surface area contributed by atoms with Gasteiger partial charge in [0, 0.05) is 33.8 Å². The molecule has 0 aromatic heterocycles. The minimum absolute atomic E-state index is 0.146. The van der Waals surface area contributed by atoms with Crippen molar-refractivity contribution >= 4 is 26.9 Å². The number of carbonyl (C=O) groups is 2. The summed E-state index contributed by atoms with van der Waals surface area (Å²) in [7, 11) is -2.47. The predicted molar refractivity (Wildman–Crippen MR) is 130 cm³/mol. The van der Waals surface area contributed by atoms with Crippen molar-refractivity contribution in [2.24, 2.45) is 11.8 Å². The lowest BCUT2D eigenvalue weighted by Gasteiger charge is -2.20. The first kappa shape index (κ1) is 25.4. The number of benzene rings is 1. The summed E-state index contributed by atoms with van der Waals surface area (Å²) in [4.78, 5) is 23.1. The van der Waals surface area contributed by atoms with E-state index in [0.29, 0.717) is 50.4 Å². The maximum Gasteiger partial charge on any atom is 0.229 e. The van der Waals surface area contributed by atoms with Crippen molar-refractivity contribution in [3.63, 3.8) is 0 Å². The van der Waals surface area contributed by atoms with E-state index < -0.39 is 9.71 Å². The molecule has 2 fully saturated rings. The quantitative estimate of drug-likeness (QED) is 0.270. The molecule has 1 saturated carbocycles. The maximum atomic E-state index is 14.1. The molecule has 33 heavy (non-hydrogen) atoms. The Morgan fingerprint density at radius 1 is 1.27 bits per heavy atom. The molecule has 3 rings (SSSR count). The van der Waals surface area contributed by atoms with Crippen LogP contribution in [0.5, 0.6) is 5.75 Å². The van der Waals surface area contributed by atoms with E-state index in [0.717, 1.165) is 18.4 Å². The van der Waals surface area contributed by atoms with Gasteiger partial charge in [-0.1, -0.05) is 25.1 Å². The standard InChI is InChI=1S/C25H35FN2O4S/c1-3-14-33(31,15-6-4-5-7-20-11-13-24(29)27-25(20)30)28-18(2)21-10-12-22(26)23(16-21)32-17-19-8-9-19/h4,6,10,12,14,16,18-20H,3,5,7-9,11,13,15,17H2,1-2H3,(H,28,31)(H,27,29,30)/b6-4+/t18-,20?,33?/m1/s1. The van der Waals surface area contributed by atoms with E-state index in [4.69, 9.17) is 4.74 Å². The number of carbonyl (C=O) groups excluding carboxylic acids is 2. The van der Waals surface area contributed by atoms with Gasteiger partial charge in [-0.15, -0.1) is 0 Å². The van der Waals surface area contributed by atoms with E-state index in [1.807, 2.05) is 26.0 Å². The number of nitrogens with one attached hydrogen (secondary N) is 2. The van der Waals surface area contributed by atoms with Gasteiger partial charge in [0.1, 0.15) is 0 Å². The van der Waals surface area contributed by atoms with Gasteiger partial charge in [-0.25, -0.2) is 9.11 Å². The van der Waals surface area contributed by atoms with Crippen LogP contribution in [0.4, 0.5) is 4.39 Å². The zero-order valence-corrected chi connectivity index (χ0v) is 20.3. The minimum Gasteiger partial charge on any atom is -0.490 e. The zero-order chi connectivity index (χ0) is 23.8. The molecular formula is C25H35FN2O4S. The van der Waals surface area contributed by atoms with Gasteiger partial charge in [0.2, 0.25) is 11.8 Å². The number of halogens is 1. The second kappa shape index (κ2) is 11.8. The van der Waals surface area contributed by atoms with E-state index in [1.165, 1.54) is 6.07 Å². The van der Waals surface area contributed by atoms with Gasteiger partial charge < -0.3 is 4.74 Å². The van der Waals surface area contributed by atoms with Crippen LogP contribution >= 0.6 is 0 Å². The monoisotopic (exact) mass is 478 g/mol. The molecule has 2 N–H and O–H groups in total. The smallest absolute Gasteiger partial charge is 0.229 e. The number of ether oxygens (including phenoxy) is 1. The van der Waals surface area contributed by atoms with Crippen molar-refractivity contribution < 1.29 is 22.9 Å². The van der Waals surface area contributed by atoms with E-state index >= 15 is 0 Å². The van der Waals surface area contributed by atoms with E-state index in [1.54, 1.807) is 17.5 Å². The molecule has 6 nitrogen and oxygen atoms in total. The first-order valence-electron chi connectivity index (χ1n) is 11.8. The van der Waals surface area contributed by atoms with Crippen LogP contribution in [0.25, 0.3) is 0 Å². The largest absolute Gasteiger partial charge is 0.490 e. The molecule has 1 aliphatic carbocycles. The summed E-state index contributed by atoms with van der Waals surface area (Å²) in [6.45, 7) is 4.39. The summed E-state index contributed by atoms with van der Waals surface area (Å²) in [6.07, 6.45) is 9.07. The van der Waals surface area contributed by atoms with Crippen molar-refractivity contribution in [1.82, 2.24) is 10.0 Å². The molecule has 1 heterocycles. The predicted octanol–water partition coefficient (Wildman–Crippen LogP) is 4.07. The SMILES string of the molecule is CCC=S(=O)(C/C=C/CCC1CCC(=O)NC1=O)N[C@H](C)c1ccc(F)c(OCC2CC2)c1. The molecule has 0 spiro atoms. The van der Waals surface area contributed by atoms with Gasteiger partial charge in [-0.2, -0.15) is 0 Å². The van der Waals surface area contributed by atoms with Crippen LogP contribution in [0.3, 0.4) is 0 Å². The molecule has 0 radical (unpaired) electrons. The molecule has 0 bridgehead atoms. The van der Waals surface area contributed by atoms with Crippen LogP contribution in [0.15, 0.2) is 30.4 Å². The fourth-order valence-electron chi connectivity index (χ4n) is 3.83. The second-order valence-corrected chi connectivity index (χ2v) is 11.3. The summed E-state index contributed by atoms with van der Waals surface area (Å²) in [5.74, 6) is 0.184. The molecular weight excluding hydrogens is 443 g/mol.